The Morgan fingerprint density at radius 3 is 2.67 bits per heavy atom. The monoisotopic (exact) mass is 292 g/mol. The molecular formula is C15H14F2N2O2. The Morgan fingerprint density at radius 2 is 2.00 bits per heavy atom. The minimum Gasteiger partial charge on any atom is -0.489 e. The van der Waals surface area contributed by atoms with E-state index in [0.717, 1.165) is 6.07 Å². The highest BCUT2D eigenvalue weighted by atomic mass is 19.1. The van der Waals surface area contributed by atoms with E-state index < -0.39 is 5.82 Å². The van der Waals surface area contributed by atoms with Gasteiger partial charge in [0.1, 0.15) is 24.0 Å². The second-order valence-corrected chi connectivity index (χ2v) is 4.49. The fraction of sp³-hybridized carbons (Fsp3) is 0.133. The van der Waals surface area contributed by atoms with Crippen molar-refractivity contribution in [2.75, 3.05) is 0 Å². The van der Waals surface area contributed by atoms with E-state index in [4.69, 9.17) is 15.7 Å². The molecule has 0 spiro atoms. The van der Waals surface area contributed by atoms with Crippen molar-refractivity contribution in [1.82, 2.24) is 0 Å². The lowest BCUT2D eigenvalue weighted by Gasteiger charge is -2.11. The molecule has 2 aromatic rings. The fourth-order valence-corrected chi connectivity index (χ4v) is 1.79. The van der Waals surface area contributed by atoms with Gasteiger partial charge in [-0.3, -0.25) is 0 Å². The molecule has 3 N–H and O–H groups in total. The molecule has 2 aromatic carbocycles. The largest absolute Gasteiger partial charge is 0.489 e. The summed E-state index contributed by atoms with van der Waals surface area (Å²) in [6.07, 6.45) is 0. The summed E-state index contributed by atoms with van der Waals surface area (Å²) in [4.78, 5) is 0. The summed E-state index contributed by atoms with van der Waals surface area (Å²) in [5, 5.41) is 11.6. The van der Waals surface area contributed by atoms with Crippen molar-refractivity contribution in [3.63, 3.8) is 0 Å². The lowest BCUT2D eigenvalue weighted by atomic mass is 10.1. The van der Waals surface area contributed by atoms with Gasteiger partial charge in [-0.1, -0.05) is 17.3 Å². The van der Waals surface area contributed by atoms with Crippen LogP contribution in [0.4, 0.5) is 8.78 Å². The van der Waals surface area contributed by atoms with Crippen LogP contribution in [0, 0.1) is 18.6 Å². The zero-order valence-electron chi connectivity index (χ0n) is 11.3. The zero-order valence-corrected chi connectivity index (χ0v) is 11.3. The number of benzene rings is 2. The lowest BCUT2D eigenvalue weighted by molar-refractivity contribution is 0.303. The molecule has 0 saturated heterocycles. The van der Waals surface area contributed by atoms with Crippen molar-refractivity contribution in [3.05, 3.63) is 64.7 Å². The molecule has 0 aromatic heterocycles. The van der Waals surface area contributed by atoms with Gasteiger partial charge >= 0.3 is 0 Å². The third-order valence-electron chi connectivity index (χ3n) is 2.99. The van der Waals surface area contributed by atoms with Gasteiger partial charge in [0, 0.05) is 17.2 Å². The van der Waals surface area contributed by atoms with Gasteiger partial charge in [0.15, 0.2) is 5.84 Å². The number of oxime groups is 1. The third-order valence-corrected chi connectivity index (χ3v) is 2.99. The molecule has 110 valence electrons. The molecule has 0 heterocycles. The van der Waals surface area contributed by atoms with Crippen LogP contribution in [0.1, 0.15) is 16.7 Å². The first-order valence-corrected chi connectivity index (χ1v) is 6.16. The Balaban J connectivity index is 2.21. The Labute approximate surface area is 120 Å². The number of hydrogen-bond donors (Lipinski definition) is 2. The highest BCUT2D eigenvalue weighted by Crippen LogP contribution is 2.19. The summed E-state index contributed by atoms with van der Waals surface area (Å²) in [6.45, 7) is 1.68. The number of nitrogens with two attached hydrogens (primary N) is 1. The molecule has 4 nitrogen and oxygen atoms in total. The molecule has 0 aliphatic heterocycles. The van der Waals surface area contributed by atoms with Crippen LogP contribution in [0.5, 0.6) is 5.75 Å². The van der Waals surface area contributed by atoms with Gasteiger partial charge in [-0.25, -0.2) is 8.78 Å². The van der Waals surface area contributed by atoms with E-state index in [9.17, 15) is 8.78 Å². The van der Waals surface area contributed by atoms with Crippen molar-refractivity contribution >= 4 is 5.84 Å². The SMILES string of the molecule is Cc1ccc(OCc2ccc(F)cc2/C(N)=N/O)cc1F. The van der Waals surface area contributed by atoms with Crippen LogP contribution >= 0.6 is 0 Å². The molecule has 0 saturated carbocycles. The number of aryl methyl sites for hydroxylation is 1. The molecule has 0 unspecified atom stereocenters. The normalized spacial score (nSPS) is 11.5. The zero-order chi connectivity index (χ0) is 15.4. The third kappa shape index (κ3) is 3.47. The average molecular weight is 292 g/mol. The fourth-order valence-electron chi connectivity index (χ4n) is 1.79. The Morgan fingerprint density at radius 1 is 1.24 bits per heavy atom. The van der Waals surface area contributed by atoms with E-state index >= 15 is 0 Å². The topological polar surface area (TPSA) is 67.8 Å². The predicted molar refractivity (Wildman–Crippen MR) is 74.4 cm³/mol. The highest BCUT2D eigenvalue weighted by molar-refractivity contribution is 5.98. The molecule has 0 aliphatic carbocycles. The second-order valence-electron chi connectivity index (χ2n) is 4.49. The summed E-state index contributed by atoms with van der Waals surface area (Å²) in [5.74, 6) is -0.763. The quantitative estimate of drug-likeness (QED) is 0.394. The number of rotatable bonds is 4. The number of nitrogens with zero attached hydrogens (tertiary/aromatic N) is 1. The first-order valence-electron chi connectivity index (χ1n) is 6.16. The number of amidine groups is 1. The van der Waals surface area contributed by atoms with Crippen LogP contribution in [0.15, 0.2) is 41.6 Å². The van der Waals surface area contributed by atoms with Gasteiger partial charge in [0.2, 0.25) is 0 Å². The van der Waals surface area contributed by atoms with Crippen LogP contribution in [-0.4, -0.2) is 11.0 Å². The maximum atomic E-state index is 13.4. The molecule has 0 radical (unpaired) electrons. The average Bonchev–Trinajstić information content (AvgIpc) is 2.48. The lowest BCUT2D eigenvalue weighted by Crippen LogP contribution is -2.17. The molecule has 0 bridgehead atoms. The van der Waals surface area contributed by atoms with Crippen molar-refractivity contribution in [2.45, 2.75) is 13.5 Å². The molecular weight excluding hydrogens is 278 g/mol. The minimum atomic E-state index is -0.512. The second kappa shape index (κ2) is 6.21. The minimum absolute atomic E-state index is 0.0360. The Hall–Kier alpha value is -2.63. The number of halogens is 2. The van der Waals surface area contributed by atoms with Crippen molar-refractivity contribution in [1.29, 1.82) is 0 Å². The van der Waals surface area contributed by atoms with E-state index in [1.165, 1.54) is 18.2 Å². The standard InChI is InChI=1S/C15H14F2N2O2/c1-9-2-5-12(7-14(9)17)21-8-10-3-4-11(16)6-13(10)15(18)19-20/h2-7,20H,8H2,1H3,(H2,18,19). The van der Waals surface area contributed by atoms with Crippen LogP contribution in [0.3, 0.4) is 0 Å². The van der Waals surface area contributed by atoms with Crippen molar-refractivity contribution in [2.24, 2.45) is 10.9 Å². The van der Waals surface area contributed by atoms with Crippen molar-refractivity contribution in [3.8, 4) is 5.75 Å². The van der Waals surface area contributed by atoms with E-state index in [1.807, 2.05) is 0 Å². The molecule has 0 fully saturated rings. The van der Waals surface area contributed by atoms with Gasteiger partial charge in [0.25, 0.3) is 0 Å². The van der Waals surface area contributed by atoms with Gasteiger partial charge in [-0.2, -0.15) is 0 Å². The molecule has 0 atom stereocenters. The Kier molecular flexibility index (Phi) is 4.37. The van der Waals surface area contributed by atoms with Gasteiger partial charge in [0.05, 0.1) is 0 Å². The molecule has 0 aliphatic rings. The molecule has 6 heteroatoms. The Bertz CT molecular complexity index is 687. The number of hydrogen-bond acceptors (Lipinski definition) is 3. The van der Waals surface area contributed by atoms with E-state index in [-0.39, 0.29) is 23.8 Å². The first kappa shape index (κ1) is 14.8. The summed E-state index contributed by atoms with van der Waals surface area (Å²) in [7, 11) is 0. The van der Waals surface area contributed by atoms with Gasteiger partial charge in [-0.05, 0) is 30.7 Å². The molecule has 0 amide bonds. The summed E-state index contributed by atoms with van der Waals surface area (Å²) in [6, 6.07) is 8.34. The van der Waals surface area contributed by atoms with Crippen molar-refractivity contribution < 1.29 is 18.7 Å². The van der Waals surface area contributed by atoms with E-state index in [2.05, 4.69) is 5.16 Å². The predicted octanol–water partition coefficient (Wildman–Crippen LogP) is 2.95. The van der Waals surface area contributed by atoms with E-state index in [1.54, 1.807) is 19.1 Å². The maximum Gasteiger partial charge on any atom is 0.170 e. The summed E-state index contributed by atoms with van der Waals surface area (Å²) >= 11 is 0. The summed E-state index contributed by atoms with van der Waals surface area (Å²) < 4.78 is 32.1. The maximum absolute atomic E-state index is 13.4. The van der Waals surface area contributed by atoms with E-state index in [0.29, 0.717) is 16.9 Å². The van der Waals surface area contributed by atoms with Crippen LogP contribution in [0.25, 0.3) is 0 Å². The van der Waals surface area contributed by atoms with Crippen LogP contribution in [0.2, 0.25) is 0 Å². The van der Waals surface area contributed by atoms with Crippen LogP contribution < -0.4 is 10.5 Å². The summed E-state index contributed by atoms with van der Waals surface area (Å²) in [5.41, 5.74) is 6.76. The highest BCUT2D eigenvalue weighted by Gasteiger charge is 2.10. The smallest absolute Gasteiger partial charge is 0.170 e. The van der Waals surface area contributed by atoms with Gasteiger partial charge in [-0.15, -0.1) is 0 Å². The first-order chi connectivity index (χ1) is 10.0. The molecule has 21 heavy (non-hydrogen) atoms. The van der Waals surface area contributed by atoms with Gasteiger partial charge < -0.3 is 15.7 Å². The van der Waals surface area contributed by atoms with Crippen LogP contribution in [-0.2, 0) is 6.61 Å². The molecule has 2 rings (SSSR count). The number of ether oxygens (including phenoxy) is 1.